The molecule has 1 N–H and O–H groups in total. The molecule has 0 saturated heterocycles. The zero-order chi connectivity index (χ0) is 20.5. The fraction of sp³-hybridized carbons (Fsp3) is 0.273. The van der Waals surface area contributed by atoms with Gasteiger partial charge < -0.3 is 9.73 Å². The molecule has 7 nitrogen and oxygen atoms in total. The fourth-order valence-corrected chi connectivity index (χ4v) is 4.93. The Labute approximate surface area is 176 Å². The van der Waals surface area contributed by atoms with Crippen molar-refractivity contribution in [2.45, 2.75) is 31.7 Å². The molecule has 3 heterocycles. The summed E-state index contributed by atoms with van der Waals surface area (Å²) >= 11 is 1.47. The molecule has 1 aromatic carbocycles. The molecule has 1 aliphatic carbocycles. The second-order valence-electron chi connectivity index (χ2n) is 7.47. The maximum Gasteiger partial charge on any atom is 0.420 e. The zero-order valence-corrected chi connectivity index (χ0v) is 17.0. The van der Waals surface area contributed by atoms with Crippen LogP contribution in [0.2, 0.25) is 0 Å². The Kier molecular flexibility index (Phi) is 4.92. The van der Waals surface area contributed by atoms with Crippen LogP contribution in [0.3, 0.4) is 0 Å². The van der Waals surface area contributed by atoms with Crippen LogP contribution in [0.1, 0.15) is 31.7 Å². The van der Waals surface area contributed by atoms with Crippen molar-refractivity contribution >= 4 is 33.5 Å². The number of rotatable bonds is 4. The van der Waals surface area contributed by atoms with Crippen molar-refractivity contribution in [3.8, 4) is 10.4 Å². The lowest BCUT2D eigenvalue weighted by atomic mass is 9.85. The van der Waals surface area contributed by atoms with Gasteiger partial charge >= 0.3 is 5.76 Å². The molecule has 0 aliphatic heterocycles. The summed E-state index contributed by atoms with van der Waals surface area (Å²) in [4.78, 5) is 34.4. The Balaban J connectivity index is 1.24. The number of benzene rings is 1. The highest BCUT2D eigenvalue weighted by atomic mass is 32.1. The highest BCUT2D eigenvalue weighted by Crippen LogP contribution is 2.35. The quantitative estimate of drug-likeness (QED) is 0.526. The van der Waals surface area contributed by atoms with E-state index in [2.05, 4.69) is 15.3 Å². The summed E-state index contributed by atoms with van der Waals surface area (Å²) in [6.45, 7) is 0. The molecule has 0 bridgehead atoms. The van der Waals surface area contributed by atoms with Gasteiger partial charge in [0.25, 0.3) is 0 Å². The average Bonchev–Trinajstić information content (AvgIpc) is 3.38. The molecule has 0 atom stereocenters. The summed E-state index contributed by atoms with van der Waals surface area (Å²) in [7, 11) is 0. The van der Waals surface area contributed by atoms with Crippen molar-refractivity contribution in [2.24, 2.45) is 5.92 Å². The van der Waals surface area contributed by atoms with Crippen LogP contribution in [0.25, 0.3) is 21.5 Å². The van der Waals surface area contributed by atoms with Crippen LogP contribution in [0.15, 0.2) is 64.2 Å². The lowest BCUT2D eigenvalue weighted by molar-refractivity contribution is -0.121. The number of anilines is 1. The van der Waals surface area contributed by atoms with E-state index < -0.39 is 0 Å². The van der Waals surface area contributed by atoms with Crippen LogP contribution in [-0.2, 0) is 4.79 Å². The van der Waals surface area contributed by atoms with Gasteiger partial charge in [0.05, 0.1) is 16.6 Å². The molecule has 30 heavy (non-hydrogen) atoms. The summed E-state index contributed by atoms with van der Waals surface area (Å²) in [5.41, 5.74) is 2.35. The molecule has 8 heteroatoms. The van der Waals surface area contributed by atoms with Crippen LogP contribution >= 0.6 is 11.3 Å². The molecule has 0 spiro atoms. The molecule has 1 fully saturated rings. The van der Waals surface area contributed by atoms with Gasteiger partial charge in [-0.05, 0) is 37.3 Å². The second-order valence-corrected chi connectivity index (χ2v) is 8.50. The maximum atomic E-state index is 12.7. The van der Waals surface area contributed by atoms with Crippen LogP contribution < -0.4 is 11.1 Å². The van der Waals surface area contributed by atoms with Crippen molar-refractivity contribution < 1.29 is 9.21 Å². The Morgan fingerprint density at radius 2 is 1.90 bits per heavy atom. The Bertz CT molecular complexity index is 1240. The fourth-order valence-electron chi connectivity index (χ4n) is 4.11. The molecule has 1 saturated carbocycles. The molecule has 0 radical (unpaired) electrons. The number of fused-ring (bicyclic) bond motifs is 1. The number of carbonyl (C=O) groups excluding carboxylic acids is 1. The number of nitrogens with zero attached hydrogens (tertiary/aromatic N) is 3. The number of aromatic nitrogens is 3. The first kappa shape index (κ1) is 18.7. The van der Waals surface area contributed by atoms with E-state index in [4.69, 9.17) is 4.42 Å². The minimum atomic E-state index is -0.359. The van der Waals surface area contributed by atoms with Crippen LogP contribution in [-0.4, -0.2) is 20.4 Å². The van der Waals surface area contributed by atoms with E-state index in [1.807, 2.05) is 30.3 Å². The summed E-state index contributed by atoms with van der Waals surface area (Å²) in [6, 6.07) is 11.8. The zero-order valence-electron chi connectivity index (χ0n) is 16.2. The number of hydrogen-bond donors (Lipinski definition) is 1. The SMILES string of the molecule is O=C(Nc1ncc(-c2ccccc2)s1)C1CCC(n2c(=O)oc3cnccc32)CC1. The molecular formula is C22H20N4O3S. The molecule has 1 amide bonds. The topological polar surface area (TPSA) is 90.0 Å². The Morgan fingerprint density at radius 3 is 2.70 bits per heavy atom. The molecule has 1 aliphatic rings. The number of pyridine rings is 1. The summed E-state index contributed by atoms with van der Waals surface area (Å²) in [5, 5.41) is 3.58. The highest BCUT2D eigenvalue weighted by molar-refractivity contribution is 7.19. The van der Waals surface area contributed by atoms with Gasteiger partial charge in [-0.15, -0.1) is 0 Å². The lowest BCUT2D eigenvalue weighted by Gasteiger charge is -2.27. The van der Waals surface area contributed by atoms with E-state index in [1.54, 1.807) is 29.2 Å². The molecule has 3 aromatic heterocycles. The van der Waals surface area contributed by atoms with Crippen molar-refractivity contribution in [3.63, 3.8) is 0 Å². The third-order valence-corrected chi connectivity index (χ3v) is 6.60. The number of amides is 1. The van der Waals surface area contributed by atoms with Crippen molar-refractivity contribution in [1.82, 2.24) is 14.5 Å². The third kappa shape index (κ3) is 3.54. The Hall–Kier alpha value is -3.26. The summed E-state index contributed by atoms with van der Waals surface area (Å²) in [5.74, 6) is -0.445. The van der Waals surface area contributed by atoms with Crippen LogP contribution in [0.5, 0.6) is 0 Å². The first-order chi connectivity index (χ1) is 14.7. The monoisotopic (exact) mass is 420 g/mol. The number of carbonyl (C=O) groups is 1. The minimum absolute atomic E-state index is 0.00369. The molecule has 4 aromatic rings. The largest absolute Gasteiger partial charge is 0.420 e. The van der Waals surface area contributed by atoms with E-state index in [0.717, 1.165) is 41.6 Å². The number of nitrogens with one attached hydrogen (secondary N) is 1. The summed E-state index contributed by atoms with van der Waals surface area (Å²) in [6.07, 6.45) is 7.95. The predicted molar refractivity (Wildman–Crippen MR) is 115 cm³/mol. The van der Waals surface area contributed by atoms with Crippen LogP contribution in [0, 0.1) is 5.92 Å². The normalized spacial score (nSPS) is 19.1. The van der Waals surface area contributed by atoms with Gasteiger partial charge in [-0.25, -0.2) is 9.78 Å². The first-order valence-electron chi connectivity index (χ1n) is 9.96. The van der Waals surface area contributed by atoms with Gasteiger partial charge in [-0.3, -0.25) is 14.3 Å². The van der Waals surface area contributed by atoms with E-state index in [1.165, 1.54) is 11.3 Å². The second kappa shape index (κ2) is 7.87. The maximum absolute atomic E-state index is 12.7. The summed E-state index contributed by atoms with van der Waals surface area (Å²) < 4.78 is 7.01. The minimum Gasteiger partial charge on any atom is -0.406 e. The standard InChI is InChI=1S/C22H20N4O3S/c27-20(25-21-24-13-19(30-21)14-4-2-1-3-5-14)15-6-8-16(9-7-15)26-17-10-11-23-12-18(17)29-22(26)28/h1-5,10-13,15-16H,6-9H2,(H,24,25,27). The van der Waals surface area contributed by atoms with Crippen molar-refractivity contribution in [1.29, 1.82) is 0 Å². The molecular weight excluding hydrogens is 400 g/mol. The first-order valence-corrected chi connectivity index (χ1v) is 10.8. The van der Waals surface area contributed by atoms with E-state index >= 15 is 0 Å². The number of hydrogen-bond acceptors (Lipinski definition) is 6. The lowest BCUT2D eigenvalue weighted by Crippen LogP contribution is -2.30. The van der Waals surface area contributed by atoms with E-state index in [9.17, 15) is 9.59 Å². The van der Waals surface area contributed by atoms with Crippen LogP contribution in [0.4, 0.5) is 5.13 Å². The highest BCUT2D eigenvalue weighted by Gasteiger charge is 2.29. The predicted octanol–water partition coefficient (Wildman–Crippen LogP) is 4.48. The van der Waals surface area contributed by atoms with Gasteiger partial charge in [0.2, 0.25) is 5.91 Å². The van der Waals surface area contributed by atoms with Gasteiger partial charge in [-0.2, -0.15) is 0 Å². The smallest absolute Gasteiger partial charge is 0.406 e. The molecule has 0 unspecified atom stereocenters. The van der Waals surface area contributed by atoms with E-state index in [0.29, 0.717) is 10.7 Å². The van der Waals surface area contributed by atoms with Crippen molar-refractivity contribution in [3.05, 3.63) is 65.5 Å². The molecule has 152 valence electrons. The average molecular weight is 420 g/mol. The van der Waals surface area contributed by atoms with Gasteiger partial charge in [0.1, 0.15) is 0 Å². The number of thiazole rings is 1. The third-order valence-electron chi connectivity index (χ3n) is 5.64. The number of oxazole rings is 1. The Morgan fingerprint density at radius 1 is 1.10 bits per heavy atom. The van der Waals surface area contributed by atoms with Gasteiger partial charge in [0.15, 0.2) is 10.7 Å². The molecule has 5 rings (SSSR count). The van der Waals surface area contributed by atoms with E-state index in [-0.39, 0.29) is 23.6 Å². The van der Waals surface area contributed by atoms with Gasteiger partial charge in [0, 0.05) is 24.4 Å². The van der Waals surface area contributed by atoms with Gasteiger partial charge in [-0.1, -0.05) is 41.7 Å². The van der Waals surface area contributed by atoms with Crippen molar-refractivity contribution in [2.75, 3.05) is 5.32 Å².